The van der Waals surface area contributed by atoms with Gasteiger partial charge in [0.1, 0.15) is 5.76 Å². The first kappa shape index (κ1) is 21.4. The quantitative estimate of drug-likeness (QED) is 0.348. The van der Waals surface area contributed by atoms with Crippen molar-refractivity contribution in [3.63, 3.8) is 0 Å². The molecule has 1 aliphatic carbocycles. The van der Waals surface area contributed by atoms with Crippen LogP contribution in [0.5, 0.6) is 0 Å². The summed E-state index contributed by atoms with van der Waals surface area (Å²) in [4.78, 5) is 10.5. The van der Waals surface area contributed by atoms with Gasteiger partial charge in [-0.3, -0.25) is 4.79 Å². The van der Waals surface area contributed by atoms with Gasteiger partial charge >= 0.3 is 5.97 Å². The van der Waals surface area contributed by atoms with Gasteiger partial charge in [-0.2, -0.15) is 0 Å². The number of carboxylic acids is 1. The van der Waals surface area contributed by atoms with E-state index in [9.17, 15) is 20.1 Å². The lowest BCUT2D eigenvalue weighted by Crippen LogP contribution is -2.20. The standard InChI is InChI=1S/C21H30O6/c22-15(9-11-16-6-5-13-27-16)10-12-18-17(19(23)14-20(18)24)7-3-1-2-4-8-21(25)26/h1,3,5-6,10,12-13,15,17-20,22-24H,2,4,7-9,11,14H2,(H,25,26)/b3-1+,12-10+. The summed E-state index contributed by atoms with van der Waals surface area (Å²) < 4.78 is 5.25. The minimum absolute atomic E-state index is 0.107. The van der Waals surface area contributed by atoms with Crippen LogP contribution in [0.15, 0.2) is 47.1 Å². The predicted octanol–water partition coefficient (Wildman–Crippen LogP) is 2.69. The Bertz CT molecular complexity index is 606. The highest BCUT2D eigenvalue weighted by atomic mass is 16.4. The van der Waals surface area contributed by atoms with Crippen LogP contribution >= 0.6 is 0 Å². The first-order valence-corrected chi connectivity index (χ1v) is 9.59. The van der Waals surface area contributed by atoms with Crippen LogP contribution in [0.2, 0.25) is 0 Å². The third-order valence-corrected chi connectivity index (χ3v) is 5.07. The summed E-state index contributed by atoms with van der Waals surface area (Å²) in [6.07, 6.45) is 10.7. The molecule has 1 saturated carbocycles. The molecule has 1 heterocycles. The van der Waals surface area contributed by atoms with E-state index in [1.54, 1.807) is 12.3 Å². The number of aryl methyl sites for hydroxylation is 1. The number of aliphatic hydroxyl groups is 3. The molecule has 0 amide bonds. The van der Waals surface area contributed by atoms with Crippen LogP contribution in [0.25, 0.3) is 0 Å². The van der Waals surface area contributed by atoms with E-state index in [-0.39, 0.29) is 18.3 Å². The number of hydrogen-bond donors (Lipinski definition) is 4. The second-order valence-electron chi connectivity index (χ2n) is 7.17. The first-order valence-electron chi connectivity index (χ1n) is 9.59. The Morgan fingerprint density at radius 1 is 1.30 bits per heavy atom. The first-order chi connectivity index (χ1) is 13.0. The average molecular weight is 378 g/mol. The summed E-state index contributed by atoms with van der Waals surface area (Å²) in [6.45, 7) is 0. The molecule has 0 spiro atoms. The number of aliphatic carboxylic acids is 1. The number of unbranched alkanes of at least 4 members (excludes halogenated alkanes) is 1. The third-order valence-electron chi connectivity index (χ3n) is 5.07. The average Bonchev–Trinajstić information content (AvgIpc) is 3.22. The fourth-order valence-electron chi connectivity index (χ4n) is 3.55. The number of aliphatic hydroxyl groups excluding tert-OH is 3. The topological polar surface area (TPSA) is 111 Å². The smallest absolute Gasteiger partial charge is 0.303 e. The van der Waals surface area contributed by atoms with Gasteiger partial charge in [0.2, 0.25) is 0 Å². The van der Waals surface area contributed by atoms with E-state index in [1.807, 2.05) is 30.4 Å². The number of carboxylic acid groups (broad SMARTS) is 1. The maximum absolute atomic E-state index is 10.5. The number of carbonyl (C=O) groups is 1. The molecule has 4 N–H and O–H groups in total. The van der Waals surface area contributed by atoms with Crippen LogP contribution in [0.3, 0.4) is 0 Å². The molecule has 5 atom stereocenters. The van der Waals surface area contributed by atoms with Gasteiger partial charge in [0.05, 0.1) is 24.6 Å². The second-order valence-corrected chi connectivity index (χ2v) is 7.17. The van der Waals surface area contributed by atoms with Crippen molar-refractivity contribution in [2.24, 2.45) is 11.8 Å². The van der Waals surface area contributed by atoms with Gasteiger partial charge in [0.25, 0.3) is 0 Å². The van der Waals surface area contributed by atoms with Gasteiger partial charge in [-0.25, -0.2) is 0 Å². The zero-order chi connectivity index (χ0) is 19.6. The van der Waals surface area contributed by atoms with Crippen molar-refractivity contribution < 1.29 is 29.6 Å². The van der Waals surface area contributed by atoms with E-state index in [0.717, 1.165) is 5.76 Å². The predicted molar refractivity (Wildman–Crippen MR) is 101 cm³/mol. The molecule has 0 saturated heterocycles. The lowest BCUT2D eigenvalue weighted by atomic mass is 9.89. The normalized spacial score (nSPS) is 26.9. The molecule has 1 aromatic rings. The number of furan rings is 1. The molecule has 5 unspecified atom stereocenters. The SMILES string of the molecule is O=C(O)CCC/C=C/CC1C(O)CC(O)C1/C=C/C(O)CCc1ccco1. The van der Waals surface area contributed by atoms with E-state index in [0.29, 0.717) is 38.5 Å². The monoisotopic (exact) mass is 378 g/mol. The van der Waals surface area contributed by atoms with Gasteiger partial charge in [0, 0.05) is 25.2 Å². The van der Waals surface area contributed by atoms with Crippen molar-refractivity contribution in [2.75, 3.05) is 0 Å². The molecule has 150 valence electrons. The molecule has 1 fully saturated rings. The summed E-state index contributed by atoms with van der Waals surface area (Å²) in [5, 5.41) is 39.2. The van der Waals surface area contributed by atoms with Crippen LogP contribution < -0.4 is 0 Å². The Kier molecular flexibility index (Phi) is 8.78. The van der Waals surface area contributed by atoms with Gasteiger partial charge in [-0.1, -0.05) is 24.3 Å². The van der Waals surface area contributed by atoms with Gasteiger partial charge in [-0.15, -0.1) is 0 Å². The zero-order valence-electron chi connectivity index (χ0n) is 15.5. The number of hydrogen-bond acceptors (Lipinski definition) is 5. The van der Waals surface area contributed by atoms with Crippen molar-refractivity contribution in [2.45, 2.75) is 63.3 Å². The molecule has 0 aromatic carbocycles. The van der Waals surface area contributed by atoms with Crippen molar-refractivity contribution in [3.05, 3.63) is 48.5 Å². The molecule has 0 radical (unpaired) electrons. The van der Waals surface area contributed by atoms with Gasteiger partial charge in [-0.05, 0) is 43.7 Å². The van der Waals surface area contributed by atoms with Crippen molar-refractivity contribution >= 4 is 5.97 Å². The van der Waals surface area contributed by atoms with Crippen LogP contribution in [0, 0.1) is 11.8 Å². The molecule has 2 rings (SSSR count). The van der Waals surface area contributed by atoms with Crippen molar-refractivity contribution in [1.82, 2.24) is 0 Å². The Labute approximate surface area is 159 Å². The highest BCUT2D eigenvalue weighted by Gasteiger charge is 2.39. The van der Waals surface area contributed by atoms with Crippen LogP contribution in [-0.4, -0.2) is 44.7 Å². The Morgan fingerprint density at radius 3 is 2.81 bits per heavy atom. The Morgan fingerprint density at radius 2 is 2.11 bits per heavy atom. The van der Waals surface area contributed by atoms with Crippen LogP contribution in [-0.2, 0) is 11.2 Å². The number of rotatable bonds is 11. The second kappa shape index (κ2) is 11.1. The van der Waals surface area contributed by atoms with Gasteiger partial charge < -0.3 is 24.8 Å². The molecule has 1 aromatic heterocycles. The minimum atomic E-state index is -0.798. The maximum atomic E-state index is 10.5. The van der Waals surface area contributed by atoms with Crippen molar-refractivity contribution in [3.8, 4) is 0 Å². The van der Waals surface area contributed by atoms with Crippen LogP contribution in [0.4, 0.5) is 0 Å². The number of allylic oxidation sites excluding steroid dienone is 2. The molecule has 0 aliphatic heterocycles. The van der Waals surface area contributed by atoms with E-state index in [2.05, 4.69) is 0 Å². The van der Waals surface area contributed by atoms with Crippen molar-refractivity contribution in [1.29, 1.82) is 0 Å². The highest BCUT2D eigenvalue weighted by molar-refractivity contribution is 5.66. The summed E-state index contributed by atoms with van der Waals surface area (Å²) in [6, 6.07) is 3.68. The molecular formula is C21H30O6. The lowest BCUT2D eigenvalue weighted by Gasteiger charge is -2.19. The Hall–Kier alpha value is -1.89. The molecule has 1 aliphatic rings. The molecule has 6 heteroatoms. The van der Waals surface area contributed by atoms with E-state index >= 15 is 0 Å². The molecular weight excluding hydrogens is 348 g/mol. The fraction of sp³-hybridized carbons (Fsp3) is 0.571. The van der Waals surface area contributed by atoms with E-state index in [4.69, 9.17) is 9.52 Å². The van der Waals surface area contributed by atoms with E-state index < -0.39 is 24.3 Å². The largest absolute Gasteiger partial charge is 0.481 e. The fourth-order valence-corrected chi connectivity index (χ4v) is 3.55. The summed E-state index contributed by atoms with van der Waals surface area (Å²) in [7, 11) is 0. The summed E-state index contributed by atoms with van der Waals surface area (Å²) >= 11 is 0. The molecule has 27 heavy (non-hydrogen) atoms. The lowest BCUT2D eigenvalue weighted by molar-refractivity contribution is -0.137. The highest BCUT2D eigenvalue weighted by Crippen LogP contribution is 2.36. The van der Waals surface area contributed by atoms with Gasteiger partial charge in [0.15, 0.2) is 0 Å². The maximum Gasteiger partial charge on any atom is 0.303 e. The molecule has 6 nitrogen and oxygen atoms in total. The minimum Gasteiger partial charge on any atom is -0.481 e. The summed E-state index contributed by atoms with van der Waals surface area (Å²) in [5.41, 5.74) is 0. The van der Waals surface area contributed by atoms with E-state index in [1.165, 1.54) is 0 Å². The zero-order valence-corrected chi connectivity index (χ0v) is 15.5. The Balaban J connectivity index is 1.81. The molecule has 0 bridgehead atoms. The third kappa shape index (κ3) is 7.33. The summed E-state index contributed by atoms with van der Waals surface area (Å²) in [5.74, 6) is -0.288. The van der Waals surface area contributed by atoms with Crippen LogP contribution in [0.1, 0.15) is 44.3 Å².